The zero-order valence-electron chi connectivity index (χ0n) is 13.0. The first-order chi connectivity index (χ1) is 12.0. The quantitative estimate of drug-likeness (QED) is 0.379. The van der Waals surface area contributed by atoms with Gasteiger partial charge >= 0.3 is 0 Å². The third-order valence-corrected chi connectivity index (χ3v) is 3.54. The minimum absolute atomic E-state index is 0.0436. The lowest BCUT2D eigenvalue weighted by molar-refractivity contribution is -0.384. The summed E-state index contributed by atoms with van der Waals surface area (Å²) >= 11 is 5.94. The first-order valence-corrected chi connectivity index (χ1v) is 7.34. The normalized spacial score (nSPS) is 10.7. The number of nitro groups is 1. The van der Waals surface area contributed by atoms with Gasteiger partial charge in [0.25, 0.3) is 11.6 Å². The van der Waals surface area contributed by atoms with Gasteiger partial charge in [-0.15, -0.1) is 0 Å². The lowest BCUT2D eigenvalue weighted by Crippen LogP contribution is -2.14. The zero-order valence-corrected chi connectivity index (χ0v) is 13.8. The largest absolute Gasteiger partial charge is 0.496 e. The highest BCUT2D eigenvalue weighted by Crippen LogP contribution is 2.27. The lowest BCUT2D eigenvalue weighted by atomic mass is 10.1. The molecular weight excluding hydrogens is 346 g/mol. The van der Waals surface area contributed by atoms with Crippen LogP contribution in [0, 0.1) is 21.4 Å². The number of nitriles is 1. The summed E-state index contributed by atoms with van der Waals surface area (Å²) < 4.78 is 5.17. The SMILES string of the molecule is COc1ccccc1C=C(C#N)C(=O)Nc1cc([N+](=O)[O-])ccc1Cl. The van der Waals surface area contributed by atoms with E-state index in [1.807, 2.05) is 0 Å². The zero-order chi connectivity index (χ0) is 18.4. The van der Waals surface area contributed by atoms with Crippen molar-refractivity contribution in [3.05, 3.63) is 68.7 Å². The number of hydrogen-bond donors (Lipinski definition) is 1. The minimum Gasteiger partial charge on any atom is -0.496 e. The Morgan fingerprint density at radius 2 is 2.08 bits per heavy atom. The van der Waals surface area contributed by atoms with Crippen LogP contribution in [0.2, 0.25) is 5.02 Å². The molecule has 0 fully saturated rings. The van der Waals surface area contributed by atoms with E-state index in [1.165, 1.54) is 25.3 Å². The van der Waals surface area contributed by atoms with Crippen molar-refractivity contribution >= 4 is 35.0 Å². The lowest BCUT2D eigenvalue weighted by Gasteiger charge is -2.07. The molecule has 1 amide bonds. The third-order valence-electron chi connectivity index (χ3n) is 3.21. The van der Waals surface area contributed by atoms with E-state index in [9.17, 15) is 20.2 Å². The first kappa shape index (κ1) is 18.0. The minimum atomic E-state index is -0.740. The molecule has 2 aromatic rings. The van der Waals surface area contributed by atoms with Gasteiger partial charge in [-0.1, -0.05) is 29.8 Å². The summed E-state index contributed by atoms with van der Waals surface area (Å²) in [7, 11) is 1.47. The average molecular weight is 358 g/mol. The molecular formula is C17H12ClN3O4. The van der Waals surface area contributed by atoms with Crippen LogP contribution in [0.15, 0.2) is 48.0 Å². The molecule has 0 aromatic heterocycles. The fraction of sp³-hybridized carbons (Fsp3) is 0.0588. The number of amides is 1. The Morgan fingerprint density at radius 3 is 2.72 bits per heavy atom. The van der Waals surface area contributed by atoms with Crippen LogP contribution < -0.4 is 10.1 Å². The van der Waals surface area contributed by atoms with Gasteiger partial charge in [-0.2, -0.15) is 5.26 Å². The number of hydrogen-bond acceptors (Lipinski definition) is 5. The van der Waals surface area contributed by atoms with Gasteiger partial charge in [0.05, 0.1) is 22.7 Å². The number of methoxy groups -OCH3 is 1. The fourth-order valence-electron chi connectivity index (χ4n) is 2.00. The standard InChI is InChI=1S/C17H12ClN3O4/c1-25-16-5-3-2-4-11(16)8-12(10-19)17(22)20-15-9-13(21(23)24)6-7-14(15)18/h2-9H,1H3,(H,20,22). The van der Waals surface area contributed by atoms with Gasteiger partial charge in [0.2, 0.25) is 0 Å². The first-order valence-electron chi connectivity index (χ1n) is 6.96. The number of para-hydroxylation sites is 1. The van der Waals surface area contributed by atoms with Crippen LogP contribution in [0.3, 0.4) is 0 Å². The second kappa shape index (κ2) is 7.95. The van der Waals surface area contributed by atoms with Crippen LogP contribution in [0.25, 0.3) is 6.08 Å². The molecule has 0 aliphatic carbocycles. The maximum absolute atomic E-state index is 12.3. The molecule has 0 spiro atoms. The maximum Gasteiger partial charge on any atom is 0.271 e. The number of ether oxygens (including phenoxy) is 1. The van der Waals surface area contributed by atoms with Crippen molar-refractivity contribution in [3.63, 3.8) is 0 Å². The van der Waals surface area contributed by atoms with Crippen LogP contribution in [-0.2, 0) is 4.79 Å². The highest BCUT2D eigenvalue weighted by molar-refractivity contribution is 6.34. The van der Waals surface area contributed by atoms with Gasteiger partial charge in [0, 0.05) is 17.7 Å². The number of benzene rings is 2. The molecule has 0 unspecified atom stereocenters. The van der Waals surface area contributed by atoms with Gasteiger partial charge < -0.3 is 10.1 Å². The molecule has 0 bridgehead atoms. The fourth-order valence-corrected chi connectivity index (χ4v) is 2.17. The Hall–Kier alpha value is -3.37. The van der Waals surface area contributed by atoms with Crippen LogP contribution in [0.5, 0.6) is 5.75 Å². The van der Waals surface area contributed by atoms with E-state index in [0.29, 0.717) is 11.3 Å². The van der Waals surface area contributed by atoms with Crippen molar-refractivity contribution in [2.45, 2.75) is 0 Å². The Morgan fingerprint density at radius 1 is 1.36 bits per heavy atom. The predicted molar refractivity (Wildman–Crippen MR) is 93.3 cm³/mol. The summed E-state index contributed by atoms with van der Waals surface area (Å²) in [6.07, 6.45) is 1.36. The van der Waals surface area contributed by atoms with E-state index in [4.69, 9.17) is 16.3 Å². The second-order valence-corrected chi connectivity index (χ2v) is 5.19. The predicted octanol–water partition coefficient (Wildman–Crippen LogP) is 3.80. The van der Waals surface area contributed by atoms with E-state index >= 15 is 0 Å². The molecule has 0 aliphatic heterocycles. The summed E-state index contributed by atoms with van der Waals surface area (Å²) in [6, 6.07) is 12.3. The Bertz CT molecular complexity index is 903. The van der Waals surface area contributed by atoms with Crippen molar-refractivity contribution in [2.24, 2.45) is 0 Å². The molecule has 0 heterocycles. The molecule has 0 aliphatic rings. The Balaban J connectivity index is 2.33. The molecule has 7 nitrogen and oxygen atoms in total. The van der Waals surface area contributed by atoms with Crippen molar-refractivity contribution in [1.82, 2.24) is 0 Å². The Kier molecular flexibility index (Phi) is 5.71. The number of rotatable bonds is 5. The molecule has 8 heteroatoms. The van der Waals surface area contributed by atoms with Crippen molar-refractivity contribution in [2.75, 3.05) is 12.4 Å². The number of nitrogens with zero attached hydrogens (tertiary/aromatic N) is 2. The second-order valence-electron chi connectivity index (χ2n) is 4.79. The monoisotopic (exact) mass is 357 g/mol. The average Bonchev–Trinajstić information content (AvgIpc) is 2.61. The molecule has 2 aromatic carbocycles. The number of anilines is 1. The van der Waals surface area contributed by atoms with Gasteiger partial charge in [-0.05, 0) is 18.2 Å². The maximum atomic E-state index is 12.3. The summed E-state index contributed by atoms with van der Waals surface area (Å²) in [4.78, 5) is 22.5. The van der Waals surface area contributed by atoms with Crippen molar-refractivity contribution in [3.8, 4) is 11.8 Å². The number of carbonyl (C=O) groups excluding carboxylic acids is 1. The van der Waals surface area contributed by atoms with E-state index in [-0.39, 0.29) is 22.0 Å². The Labute approximate surface area is 148 Å². The number of carbonyl (C=O) groups is 1. The van der Waals surface area contributed by atoms with Gasteiger partial charge in [0.1, 0.15) is 17.4 Å². The van der Waals surface area contributed by atoms with E-state index in [1.54, 1.807) is 30.3 Å². The topological polar surface area (TPSA) is 105 Å². The molecule has 126 valence electrons. The van der Waals surface area contributed by atoms with Gasteiger partial charge in [-0.3, -0.25) is 14.9 Å². The highest BCUT2D eigenvalue weighted by atomic mass is 35.5. The summed E-state index contributed by atoms with van der Waals surface area (Å²) in [5.74, 6) is -0.243. The molecule has 2 rings (SSSR count). The van der Waals surface area contributed by atoms with Gasteiger partial charge in [-0.25, -0.2) is 0 Å². The molecule has 1 N–H and O–H groups in total. The number of nitrogens with one attached hydrogen (secondary N) is 1. The number of nitro benzene ring substituents is 1. The van der Waals surface area contributed by atoms with Crippen LogP contribution in [-0.4, -0.2) is 17.9 Å². The van der Waals surface area contributed by atoms with Crippen molar-refractivity contribution in [1.29, 1.82) is 5.26 Å². The van der Waals surface area contributed by atoms with Crippen LogP contribution in [0.4, 0.5) is 11.4 Å². The number of non-ortho nitro benzene ring substituents is 1. The van der Waals surface area contributed by atoms with E-state index in [0.717, 1.165) is 6.07 Å². The van der Waals surface area contributed by atoms with E-state index < -0.39 is 10.8 Å². The molecule has 0 saturated carbocycles. The number of halogens is 1. The van der Waals surface area contributed by atoms with Crippen LogP contribution in [0.1, 0.15) is 5.56 Å². The van der Waals surface area contributed by atoms with Crippen LogP contribution >= 0.6 is 11.6 Å². The third kappa shape index (κ3) is 4.34. The highest BCUT2D eigenvalue weighted by Gasteiger charge is 2.15. The molecule has 0 radical (unpaired) electrons. The smallest absolute Gasteiger partial charge is 0.271 e. The molecule has 0 saturated heterocycles. The summed E-state index contributed by atoms with van der Waals surface area (Å²) in [5, 5.41) is 22.6. The molecule has 0 atom stereocenters. The van der Waals surface area contributed by atoms with Gasteiger partial charge in [0.15, 0.2) is 0 Å². The van der Waals surface area contributed by atoms with E-state index in [2.05, 4.69) is 5.32 Å². The summed E-state index contributed by atoms with van der Waals surface area (Å²) in [6.45, 7) is 0. The summed E-state index contributed by atoms with van der Waals surface area (Å²) in [5.41, 5.74) is 0.155. The molecule has 25 heavy (non-hydrogen) atoms. The van der Waals surface area contributed by atoms with Crippen molar-refractivity contribution < 1.29 is 14.5 Å².